The first-order valence-electron chi connectivity index (χ1n) is 4.03. The molecule has 7 heteroatoms. The molecule has 0 aliphatic carbocycles. The molecular formula is C9H9NaO5S. The number of ether oxygens (including phenoxy) is 1. The first-order valence-corrected chi connectivity index (χ1v) is 5.61. The number of methoxy groups -OCH3 is 1. The molecule has 0 aliphatic rings. The third-order valence-corrected chi connectivity index (χ3v) is 2.38. The smallest absolute Gasteiger partial charge is 0.748 e. The van der Waals surface area contributed by atoms with Crippen LogP contribution in [0.2, 0.25) is 0 Å². The van der Waals surface area contributed by atoms with Crippen molar-refractivity contribution in [2.75, 3.05) is 7.11 Å². The third kappa shape index (κ3) is 5.09. The van der Waals surface area contributed by atoms with Gasteiger partial charge in [0.1, 0.15) is 0 Å². The molecule has 0 atom stereocenters. The van der Waals surface area contributed by atoms with Crippen LogP contribution >= 0.6 is 0 Å². The van der Waals surface area contributed by atoms with Crippen molar-refractivity contribution in [3.63, 3.8) is 0 Å². The van der Waals surface area contributed by atoms with Gasteiger partial charge < -0.3 is 9.29 Å². The molecule has 16 heavy (non-hydrogen) atoms. The maximum atomic E-state index is 11.1. The van der Waals surface area contributed by atoms with Gasteiger partial charge in [-0.3, -0.25) is 0 Å². The van der Waals surface area contributed by atoms with Gasteiger partial charge >= 0.3 is 35.5 Å². The van der Waals surface area contributed by atoms with Crippen molar-refractivity contribution in [1.82, 2.24) is 0 Å². The molecule has 82 valence electrons. The van der Waals surface area contributed by atoms with E-state index >= 15 is 0 Å². The Bertz CT molecular complexity index is 469. The molecule has 1 aromatic carbocycles. The van der Waals surface area contributed by atoms with Crippen LogP contribution in [0, 0.1) is 0 Å². The fraction of sp³-hybridized carbons (Fsp3) is 0.222. The van der Waals surface area contributed by atoms with Crippen LogP contribution in [-0.2, 0) is 20.6 Å². The van der Waals surface area contributed by atoms with E-state index < -0.39 is 21.8 Å². The second-order valence-corrected chi connectivity index (χ2v) is 4.30. The van der Waals surface area contributed by atoms with Gasteiger partial charge in [-0.15, -0.1) is 0 Å². The largest absolute Gasteiger partial charge is 1.00 e. The molecule has 0 aromatic heterocycles. The molecule has 0 N–H and O–H groups in total. The Kier molecular flexibility index (Phi) is 6.20. The van der Waals surface area contributed by atoms with Gasteiger partial charge in [-0.2, -0.15) is 0 Å². The molecule has 0 bridgehead atoms. The molecule has 0 heterocycles. The van der Waals surface area contributed by atoms with E-state index in [2.05, 4.69) is 4.74 Å². The summed E-state index contributed by atoms with van der Waals surface area (Å²) < 4.78 is 35.9. The van der Waals surface area contributed by atoms with E-state index in [1.807, 2.05) is 0 Å². The summed E-state index contributed by atoms with van der Waals surface area (Å²) in [4.78, 5) is 11.1. The maximum Gasteiger partial charge on any atom is 1.00 e. The fourth-order valence-corrected chi connectivity index (χ4v) is 1.70. The van der Waals surface area contributed by atoms with Crippen molar-refractivity contribution >= 4 is 16.1 Å². The van der Waals surface area contributed by atoms with Crippen LogP contribution in [0.25, 0.3) is 0 Å². The number of carbonyl (C=O) groups excluding carboxylic acids is 1. The zero-order valence-corrected chi connectivity index (χ0v) is 11.8. The number of esters is 1. The van der Waals surface area contributed by atoms with E-state index in [0.717, 1.165) is 0 Å². The second-order valence-electron chi connectivity index (χ2n) is 2.89. The van der Waals surface area contributed by atoms with E-state index in [0.29, 0.717) is 0 Å². The quantitative estimate of drug-likeness (QED) is 0.338. The predicted molar refractivity (Wildman–Crippen MR) is 51.2 cm³/mol. The maximum absolute atomic E-state index is 11.1. The zero-order chi connectivity index (χ0) is 11.5. The van der Waals surface area contributed by atoms with Gasteiger partial charge in [-0.25, -0.2) is 13.2 Å². The third-order valence-electron chi connectivity index (χ3n) is 1.69. The van der Waals surface area contributed by atoms with E-state index in [-0.39, 0.29) is 40.7 Å². The van der Waals surface area contributed by atoms with Gasteiger partial charge in [0, 0.05) is 0 Å². The molecule has 0 aliphatic heterocycles. The average Bonchev–Trinajstić information content (AvgIpc) is 2.14. The topological polar surface area (TPSA) is 83.5 Å². The Balaban J connectivity index is 0.00000225. The van der Waals surface area contributed by atoms with Crippen molar-refractivity contribution in [2.24, 2.45) is 0 Å². The number of rotatable bonds is 3. The molecule has 0 spiro atoms. The van der Waals surface area contributed by atoms with Gasteiger partial charge in [0.25, 0.3) is 0 Å². The summed E-state index contributed by atoms with van der Waals surface area (Å²) in [6, 6.07) is 5.75. The summed E-state index contributed by atoms with van der Waals surface area (Å²) in [5.41, 5.74) is 0.492. The Morgan fingerprint density at radius 2 is 2.06 bits per heavy atom. The Morgan fingerprint density at radius 1 is 1.44 bits per heavy atom. The molecule has 0 fully saturated rings. The zero-order valence-electron chi connectivity index (χ0n) is 8.97. The van der Waals surface area contributed by atoms with Gasteiger partial charge in [0.15, 0.2) is 0 Å². The fourth-order valence-electron chi connectivity index (χ4n) is 1.11. The monoisotopic (exact) mass is 252 g/mol. The Labute approximate surface area is 116 Å². The minimum absolute atomic E-state index is 0. The van der Waals surface area contributed by atoms with Gasteiger partial charge in [0.2, 0.25) is 0 Å². The normalized spacial score (nSPS) is 10.4. The molecular weight excluding hydrogens is 243 g/mol. The summed E-state index contributed by atoms with van der Waals surface area (Å²) in [6.07, 6.45) is 0. The molecule has 0 saturated heterocycles. The standard InChI is InChI=1S/C9H10O5S.Na/c1-14-9(10)8-4-2-3-7(5-8)6-15(11,12)13;/h2-5H,6H2,1H3,(H,11,12,13);/q;+1/p-1. The number of benzene rings is 1. The van der Waals surface area contributed by atoms with Crippen LogP contribution in [0.1, 0.15) is 15.9 Å². The first-order chi connectivity index (χ1) is 6.92. The summed E-state index contributed by atoms with van der Waals surface area (Å²) in [6.45, 7) is 0. The van der Waals surface area contributed by atoms with Crippen LogP contribution in [0.5, 0.6) is 0 Å². The van der Waals surface area contributed by atoms with E-state index in [1.165, 1.54) is 31.4 Å². The summed E-state index contributed by atoms with van der Waals surface area (Å²) >= 11 is 0. The van der Waals surface area contributed by atoms with Crippen LogP contribution in [-0.4, -0.2) is 26.0 Å². The molecule has 0 amide bonds. The number of carbonyl (C=O) groups is 1. The minimum Gasteiger partial charge on any atom is -0.748 e. The average molecular weight is 252 g/mol. The van der Waals surface area contributed by atoms with E-state index in [1.54, 1.807) is 0 Å². The molecule has 1 aromatic rings. The van der Waals surface area contributed by atoms with Crippen molar-refractivity contribution in [3.8, 4) is 0 Å². The van der Waals surface area contributed by atoms with Crippen molar-refractivity contribution in [3.05, 3.63) is 35.4 Å². The van der Waals surface area contributed by atoms with Crippen molar-refractivity contribution in [2.45, 2.75) is 5.75 Å². The van der Waals surface area contributed by atoms with Crippen LogP contribution in [0.4, 0.5) is 0 Å². The van der Waals surface area contributed by atoms with Crippen LogP contribution in [0.3, 0.4) is 0 Å². The van der Waals surface area contributed by atoms with E-state index in [4.69, 9.17) is 0 Å². The molecule has 1 rings (SSSR count). The molecule has 0 saturated carbocycles. The van der Waals surface area contributed by atoms with Gasteiger partial charge in [-0.05, 0) is 17.7 Å². The van der Waals surface area contributed by atoms with Gasteiger partial charge in [0.05, 0.1) is 28.5 Å². The Morgan fingerprint density at radius 3 is 2.56 bits per heavy atom. The Hall–Kier alpha value is -0.400. The second kappa shape index (κ2) is 6.36. The van der Waals surface area contributed by atoms with Crippen molar-refractivity contribution in [1.29, 1.82) is 0 Å². The predicted octanol–water partition coefficient (Wildman–Crippen LogP) is -2.48. The van der Waals surface area contributed by atoms with Gasteiger partial charge in [-0.1, -0.05) is 12.1 Å². The number of hydrogen-bond acceptors (Lipinski definition) is 5. The SMILES string of the molecule is COC(=O)c1cccc(CS(=O)(=O)[O-])c1.[Na+]. The van der Waals surface area contributed by atoms with Crippen LogP contribution < -0.4 is 29.6 Å². The van der Waals surface area contributed by atoms with Crippen LogP contribution in [0.15, 0.2) is 24.3 Å². The van der Waals surface area contributed by atoms with E-state index in [9.17, 15) is 17.8 Å². The number of hydrogen-bond donors (Lipinski definition) is 0. The molecule has 0 unspecified atom stereocenters. The summed E-state index contributed by atoms with van der Waals surface area (Å²) in [7, 11) is -3.11. The summed E-state index contributed by atoms with van der Waals surface area (Å²) in [5, 5.41) is 0. The first kappa shape index (κ1) is 15.6. The minimum atomic E-state index is -4.33. The summed E-state index contributed by atoms with van der Waals surface area (Å²) in [5.74, 6) is -1.20. The molecule has 0 radical (unpaired) electrons. The van der Waals surface area contributed by atoms with Crippen molar-refractivity contribution < 1.29 is 52.1 Å². The molecule has 5 nitrogen and oxygen atoms in total.